The van der Waals surface area contributed by atoms with Crippen LogP contribution in [0.2, 0.25) is 0 Å². The fraction of sp³-hybridized carbons (Fsp3) is 0.0909. The molecule has 3 N–H and O–H groups in total. The first-order chi connectivity index (χ1) is 9.83. The molecule has 0 spiro atoms. The molecule has 0 radical (unpaired) electrons. The van der Waals surface area contributed by atoms with E-state index in [0.717, 1.165) is 18.4 Å². The smallest absolute Gasteiger partial charge is 0.339 e. The number of sulfonamides is 1. The fourth-order valence-corrected chi connectivity index (χ4v) is 4.05. The molecule has 0 aliphatic rings. The number of nitrogens with two attached hydrogens (primary N) is 1. The van der Waals surface area contributed by atoms with Crippen LogP contribution in [-0.2, 0) is 14.8 Å². The molecule has 2 rings (SSSR count). The fourth-order valence-electron chi connectivity index (χ4n) is 1.52. The van der Waals surface area contributed by atoms with Gasteiger partial charge in [0.1, 0.15) is 4.90 Å². The molecule has 112 valence electrons. The second-order valence-electron chi connectivity index (χ2n) is 3.82. The lowest BCUT2D eigenvalue weighted by molar-refractivity contribution is 0.0596. The van der Waals surface area contributed by atoms with Crippen LogP contribution in [0.15, 0.2) is 33.1 Å². The van der Waals surface area contributed by atoms with Crippen molar-refractivity contribution >= 4 is 54.1 Å². The number of esters is 1. The predicted molar refractivity (Wildman–Crippen MR) is 82.8 cm³/mol. The van der Waals surface area contributed by atoms with E-state index in [2.05, 4.69) is 30.4 Å². The second-order valence-corrected chi connectivity index (χ2v) is 7.88. The van der Waals surface area contributed by atoms with Crippen molar-refractivity contribution in [2.75, 3.05) is 17.6 Å². The number of thiazole rings is 1. The van der Waals surface area contributed by atoms with E-state index in [9.17, 15) is 13.2 Å². The summed E-state index contributed by atoms with van der Waals surface area (Å²) >= 11 is 4.29. The first-order valence-corrected chi connectivity index (χ1v) is 8.55. The number of aromatic nitrogens is 1. The van der Waals surface area contributed by atoms with Crippen molar-refractivity contribution in [1.82, 2.24) is 4.98 Å². The Morgan fingerprint density at radius 1 is 1.48 bits per heavy atom. The molecule has 0 bridgehead atoms. The topological polar surface area (TPSA) is 111 Å². The summed E-state index contributed by atoms with van der Waals surface area (Å²) in [6.07, 6.45) is 1.46. The number of hydrogen-bond donors (Lipinski definition) is 2. The SMILES string of the molecule is COC(=O)c1cc(N)ccc1S(=O)(=O)Nc1ncc(Br)s1. The maximum absolute atomic E-state index is 12.4. The Morgan fingerprint density at radius 3 is 2.76 bits per heavy atom. The highest BCUT2D eigenvalue weighted by molar-refractivity contribution is 9.11. The molecule has 21 heavy (non-hydrogen) atoms. The molecule has 0 saturated heterocycles. The van der Waals surface area contributed by atoms with Crippen LogP contribution in [0.3, 0.4) is 0 Å². The molecule has 1 heterocycles. The minimum Gasteiger partial charge on any atom is -0.465 e. The first kappa shape index (κ1) is 15.7. The van der Waals surface area contributed by atoms with Crippen LogP contribution in [0.1, 0.15) is 10.4 Å². The van der Waals surface area contributed by atoms with Crippen LogP contribution >= 0.6 is 27.3 Å². The van der Waals surface area contributed by atoms with E-state index in [1.807, 2.05) is 0 Å². The number of nitrogens with zero attached hydrogens (tertiary/aromatic N) is 1. The molecule has 0 amide bonds. The number of carbonyl (C=O) groups is 1. The van der Waals surface area contributed by atoms with Crippen LogP contribution in [0.25, 0.3) is 0 Å². The predicted octanol–water partition coefficient (Wildman–Crippen LogP) is 2.08. The van der Waals surface area contributed by atoms with Gasteiger partial charge in [-0.05, 0) is 34.1 Å². The second kappa shape index (κ2) is 6.00. The lowest BCUT2D eigenvalue weighted by Crippen LogP contribution is -2.17. The van der Waals surface area contributed by atoms with E-state index in [0.29, 0.717) is 3.79 Å². The van der Waals surface area contributed by atoms with Crippen molar-refractivity contribution in [1.29, 1.82) is 0 Å². The highest BCUT2D eigenvalue weighted by Crippen LogP contribution is 2.27. The quantitative estimate of drug-likeness (QED) is 0.609. The third kappa shape index (κ3) is 3.52. The summed E-state index contributed by atoms with van der Waals surface area (Å²) in [5, 5.41) is 0.175. The zero-order chi connectivity index (χ0) is 15.6. The van der Waals surface area contributed by atoms with E-state index >= 15 is 0 Å². The Morgan fingerprint density at radius 2 is 2.19 bits per heavy atom. The third-order valence-electron chi connectivity index (χ3n) is 2.40. The summed E-state index contributed by atoms with van der Waals surface area (Å²) in [6, 6.07) is 3.88. The van der Waals surface area contributed by atoms with Crippen molar-refractivity contribution in [2.24, 2.45) is 0 Å². The van der Waals surface area contributed by atoms with Crippen LogP contribution in [0, 0.1) is 0 Å². The van der Waals surface area contributed by atoms with Crippen molar-refractivity contribution < 1.29 is 17.9 Å². The molecule has 0 unspecified atom stereocenters. The van der Waals surface area contributed by atoms with Gasteiger partial charge in [-0.1, -0.05) is 11.3 Å². The highest BCUT2D eigenvalue weighted by Gasteiger charge is 2.24. The number of halogens is 1. The number of benzene rings is 1. The minimum atomic E-state index is -3.98. The van der Waals surface area contributed by atoms with E-state index in [4.69, 9.17) is 5.73 Å². The van der Waals surface area contributed by atoms with Crippen LogP contribution in [0.5, 0.6) is 0 Å². The molecular weight excluding hydrogens is 382 g/mol. The first-order valence-electron chi connectivity index (χ1n) is 5.45. The third-order valence-corrected chi connectivity index (χ3v) is 5.32. The average molecular weight is 392 g/mol. The maximum atomic E-state index is 12.4. The number of nitrogens with one attached hydrogen (secondary N) is 1. The summed E-state index contributed by atoms with van der Waals surface area (Å²) in [5.74, 6) is -0.789. The van der Waals surface area contributed by atoms with E-state index < -0.39 is 16.0 Å². The highest BCUT2D eigenvalue weighted by atomic mass is 79.9. The van der Waals surface area contributed by atoms with Gasteiger partial charge in [-0.25, -0.2) is 18.2 Å². The zero-order valence-electron chi connectivity index (χ0n) is 10.7. The Bertz CT molecular complexity index is 789. The lowest BCUT2D eigenvalue weighted by atomic mass is 10.2. The lowest BCUT2D eigenvalue weighted by Gasteiger charge is -2.10. The van der Waals surface area contributed by atoms with Crippen molar-refractivity contribution in [3.63, 3.8) is 0 Å². The van der Waals surface area contributed by atoms with Gasteiger partial charge in [0.05, 0.1) is 22.7 Å². The zero-order valence-corrected chi connectivity index (χ0v) is 13.9. The van der Waals surface area contributed by atoms with E-state index in [-0.39, 0.29) is 21.3 Å². The summed E-state index contributed by atoms with van der Waals surface area (Å²) in [4.78, 5) is 15.4. The van der Waals surface area contributed by atoms with Gasteiger partial charge >= 0.3 is 5.97 Å². The number of methoxy groups -OCH3 is 1. The minimum absolute atomic E-state index is 0.138. The normalized spacial score (nSPS) is 11.1. The summed E-state index contributed by atoms with van der Waals surface area (Å²) < 4.78 is 32.3. The molecule has 1 aromatic carbocycles. The van der Waals surface area contributed by atoms with Crippen molar-refractivity contribution in [3.8, 4) is 0 Å². The number of nitrogen functional groups attached to an aromatic ring is 1. The van der Waals surface area contributed by atoms with Crippen LogP contribution < -0.4 is 10.5 Å². The molecule has 0 fully saturated rings. The van der Waals surface area contributed by atoms with Gasteiger partial charge in [-0.15, -0.1) is 0 Å². The Hall–Kier alpha value is -1.65. The van der Waals surface area contributed by atoms with Gasteiger partial charge in [0.2, 0.25) is 0 Å². The molecule has 0 aliphatic carbocycles. The summed E-state index contributed by atoms with van der Waals surface area (Å²) in [6.45, 7) is 0. The Labute approximate surface area is 133 Å². The Kier molecular flexibility index (Phi) is 4.49. The molecule has 1 aromatic heterocycles. The number of ether oxygens (including phenoxy) is 1. The number of anilines is 2. The maximum Gasteiger partial charge on any atom is 0.339 e. The van der Waals surface area contributed by atoms with Crippen molar-refractivity contribution in [3.05, 3.63) is 33.7 Å². The monoisotopic (exact) mass is 391 g/mol. The number of carbonyl (C=O) groups excluding carboxylic acids is 1. The van der Waals surface area contributed by atoms with Crippen LogP contribution in [0.4, 0.5) is 10.8 Å². The largest absolute Gasteiger partial charge is 0.465 e. The van der Waals surface area contributed by atoms with Gasteiger partial charge in [0, 0.05) is 5.69 Å². The van der Waals surface area contributed by atoms with E-state index in [1.54, 1.807) is 0 Å². The number of hydrogen-bond acceptors (Lipinski definition) is 7. The van der Waals surface area contributed by atoms with Gasteiger partial charge in [0.25, 0.3) is 10.0 Å². The molecular formula is C11H10BrN3O4S2. The average Bonchev–Trinajstić information content (AvgIpc) is 2.82. The molecule has 0 aliphatic heterocycles. The Balaban J connectivity index is 2.46. The van der Waals surface area contributed by atoms with E-state index in [1.165, 1.54) is 24.4 Å². The van der Waals surface area contributed by atoms with Crippen molar-refractivity contribution in [2.45, 2.75) is 4.90 Å². The van der Waals surface area contributed by atoms with Gasteiger partial charge in [-0.2, -0.15) is 0 Å². The standard InChI is InChI=1S/C11H10BrN3O4S2/c1-19-10(16)7-4-6(13)2-3-8(7)21(17,18)15-11-14-5-9(12)20-11/h2-5H,13H2,1H3,(H,14,15). The van der Waals surface area contributed by atoms with Gasteiger partial charge in [0.15, 0.2) is 5.13 Å². The van der Waals surface area contributed by atoms with Gasteiger partial charge in [-0.3, -0.25) is 4.72 Å². The van der Waals surface area contributed by atoms with Crippen LogP contribution in [-0.4, -0.2) is 26.5 Å². The molecule has 0 atom stereocenters. The molecule has 2 aromatic rings. The molecule has 0 saturated carbocycles. The number of rotatable bonds is 4. The molecule has 10 heteroatoms. The summed E-state index contributed by atoms with van der Waals surface area (Å²) in [5.41, 5.74) is 5.70. The van der Waals surface area contributed by atoms with Gasteiger partial charge < -0.3 is 10.5 Å². The summed E-state index contributed by atoms with van der Waals surface area (Å²) in [7, 11) is -2.82. The molecule has 7 nitrogen and oxygen atoms in total.